The molecular weight excluding hydrogens is 336 g/mol. The molecule has 6 aliphatic rings. The van der Waals surface area contributed by atoms with E-state index in [9.17, 15) is 9.90 Å². The van der Waals surface area contributed by atoms with Gasteiger partial charge in [0, 0.05) is 11.8 Å². The Balaban J connectivity index is 1.41. The van der Waals surface area contributed by atoms with Crippen LogP contribution in [-0.2, 0) is 9.53 Å². The maximum atomic E-state index is 12.0. The van der Waals surface area contributed by atoms with Gasteiger partial charge in [0.25, 0.3) is 0 Å². The Kier molecular flexibility index (Phi) is 3.37. The van der Waals surface area contributed by atoms with Crippen molar-refractivity contribution in [1.82, 2.24) is 0 Å². The minimum atomic E-state index is -0.716. The van der Waals surface area contributed by atoms with E-state index in [0.717, 1.165) is 42.9 Å². The predicted molar refractivity (Wildman–Crippen MR) is 103 cm³/mol. The summed E-state index contributed by atoms with van der Waals surface area (Å²) in [5.41, 5.74) is 1.42. The van der Waals surface area contributed by atoms with Crippen molar-refractivity contribution in [2.75, 3.05) is 0 Å². The van der Waals surface area contributed by atoms with Crippen LogP contribution >= 0.6 is 0 Å². The molecule has 0 aromatic carbocycles. The van der Waals surface area contributed by atoms with Gasteiger partial charge in [0.2, 0.25) is 0 Å². The largest absolute Gasteiger partial charge is 0.365 e. The lowest BCUT2D eigenvalue weighted by molar-refractivity contribution is -0.198. The van der Waals surface area contributed by atoms with Crippen LogP contribution in [0.15, 0.2) is 23.8 Å². The van der Waals surface area contributed by atoms with Crippen LogP contribution in [0.4, 0.5) is 0 Å². The summed E-state index contributed by atoms with van der Waals surface area (Å²) in [4.78, 5) is 12.0. The molecule has 1 spiro atoms. The fraction of sp³-hybridized carbons (Fsp3) is 0.792. The third kappa shape index (κ3) is 1.98. The number of carbonyl (C=O) groups is 1. The zero-order valence-electron chi connectivity index (χ0n) is 16.6. The van der Waals surface area contributed by atoms with Crippen LogP contribution in [-0.4, -0.2) is 22.8 Å². The third-order valence-electron chi connectivity index (χ3n) is 9.82. The second-order valence-corrected chi connectivity index (χ2v) is 10.6. The molecule has 4 fully saturated rings. The minimum absolute atomic E-state index is 0.162. The van der Waals surface area contributed by atoms with Gasteiger partial charge in [0.1, 0.15) is 0 Å². The number of ether oxygens (including phenoxy) is 1. The highest BCUT2D eigenvalue weighted by molar-refractivity contribution is 5.91. The van der Waals surface area contributed by atoms with Crippen molar-refractivity contribution in [1.29, 1.82) is 0 Å². The molecule has 10 atom stereocenters. The van der Waals surface area contributed by atoms with Gasteiger partial charge >= 0.3 is 0 Å². The molecule has 0 radical (unpaired) electrons. The Labute approximate surface area is 162 Å². The van der Waals surface area contributed by atoms with E-state index in [1.54, 1.807) is 0 Å². The number of carbonyl (C=O) groups excluding carboxylic acids is 1. The lowest BCUT2D eigenvalue weighted by Gasteiger charge is -2.59. The second kappa shape index (κ2) is 5.36. The van der Waals surface area contributed by atoms with Crippen molar-refractivity contribution in [3.05, 3.63) is 23.8 Å². The van der Waals surface area contributed by atoms with Gasteiger partial charge in [-0.15, -0.1) is 0 Å². The first-order chi connectivity index (χ1) is 13.0. The predicted octanol–water partition coefficient (Wildman–Crippen LogP) is 4.26. The Bertz CT molecular complexity index is 753. The monoisotopic (exact) mass is 368 g/mol. The van der Waals surface area contributed by atoms with Crippen LogP contribution < -0.4 is 0 Å². The van der Waals surface area contributed by atoms with Crippen LogP contribution in [0.2, 0.25) is 0 Å². The molecular formula is C24H32O3. The highest BCUT2D eigenvalue weighted by Crippen LogP contribution is 2.78. The third-order valence-corrected chi connectivity index (χ3v) is 9.82. The van der Waals surface area contributed by atoms with Gasteiger partial charge in [-0.2, -0.15) is 0 Å². The SMILES string of the molecule is CC[C@H]1CC2=CC(=O)CC[C@@H]2C2CC[C@@]3(C)C(C21)[C@@H]1C[C@@H]1[C@@]31C=CC(O)O1. The molecule has 6 rings (SSSR count). The van der Waals surface area contributed by atoms with Crippen molar-refractivity contribution in [3.63, 3.8) is 0 Å². The van der Waals surface area contributed by atoms with E-state index in [4.69, 9.17) is 4.74 Å². The first-order valence-electron chi connectivity index (χ1n) is 11.3. The summed E-state index contributed by atoms with van der Waals surface area (Å²) >= 11 is 0. The number of rotatable bonds is 1. The molecule has 0 aromatic heterocycles. The second-order valence-electron chi connectivity index (χ2n) is 10.6. The van der Waals surface area contributed by atoms with Crippen LogP contribution in [0.25, 0.3) is 0 Å². The zero-order chi connectivity index (χ0) is 18.6. The van der Waals surface area contributed by atoms with Crippen LogP contribution in [0.5, 0.6) is 0 Å². The molecule has 5 aliphatic carbocycles. The summed E-state index contributed by atoms with van der Waals surface area (Å²) in [7, 11) is 0. The van der Waals surface area contributed by atoms with E-state index < -0.39 is 6.29 Å². The zero-order valence-corrected chi connectivity index (χ0v) is 16.6. The van der Waals surface area contributed by atoms with Crippen molar-refractivity contribution in [3.8, 4) is 0 Å². The average Bonchev–Trinajstić information content (AvgIpc) is 3.29. The number of hydrogen-bond acceptors (Lipinski definition) is 3. The van der Waals surface area contributed by atoms with Crippen LogP contribution in [0, 0.1) is 46.8 Å². The molecule has 4 saturated carbocycles. The Hall–Kier alpha value is -0.930. The van der Waals surface area contributed by atoms with Crippen molar-refractivity contribution >= 4 is 5.78 Å². The minimum Gasteiger partial charge on any atom is -0.365 e. The highest BCUT2D eigenvalue weighted by Gasteiger charge is 2.77. The van der Waals surface area contributed by atoms with Crippen LogP contribution in [0.3, 0.4) is 0 Å². The molecule has 1 aliphatic heterocycles. The Morgan fingerprint density at radius 3 is 2.89 bits per heavy atom. The lowest BCUT2D eigenvalue weighted by Crippen LogP contribution is -2.56. The molecule has 3 heteroatoms. The van der Waals surface area contributed by atoms with E-state index in [0.29, 0.717) is 23.5 Å². The summed E-state index contributed by atoms with van der Waals surface area (Å²) in [5.74, 6) is 5.36. The van der Waals surface area contributed by atoms with Gasteiger partial charge in [0.15, 0.2) is 12.1 Å². The molecule has 0 aromatic rings. The molecule has 4 unspecified atom stereocenters. The smallest absolute Gasteiger partial charge is 0.175 e. The molecule has 1 N–H and O–H groups in total. The fourth-order valence-corrected chi connectivity index (χ4v) is 8.83. The fourth-order valence-electron chi connectivity index (χ4n) is 8.83. The van der Waals surface area contributed by atoms with Crippen LogP contribution in [0.1, 0.15) is 58.8 Å². The molecule has 146 valence electrons. The van der Waals surface area contributed by atoms with E-state index in [1.807, 2.05) is 12.2 Å². The van der Waals surface area contributed by atoms with Crippen molar-refractivity contribution in [2.45, 2.75) is 70.7 Å². The van der Waals surface area contributed by atoms with E-state index >= 15 is 0 Å². The van der Waals surface area contributed by atoms with Gasteiger partial charge < -0.3 is 9.84 Å². The van der Waals surface area contributed by atoms with E-state index in [1.165, 1.54) is 31.3 Å². The number of ketones is 1. The maximum Gasteiger partial charge on any atom is 0.175 e. The number of aliphatic hydroxyl groups is 1. The van der Waals surface area contributed by atoms with E-state index in [2.05, 4.69) is 19.9 Å². The Morgan fingerprint density at radius 2 is 2.15 bits per heavy atom. The summed E-state index contributed by atoms with van der Waals surface area (Å²) in [6, 6.07) is 0. The standard InChI is InChI=1S/C24H32O3/c1-3-13-10-14-11-15(25)4-5-16(14)17-6-8-23(2)22(21(13)17)18-12-19(18)24(23)9-7-20(26)27-24/h7,9,11,13,16-22,26H,3-6,8,10,12H2,1-2H3/t13-,16-,17?,18+,19-,20?,21?,22?,23-,24-/m0/s1. The van der Waals surface area contributed by atoms with Crippen molar-refractivity contribution < 1.29 is 14.6 Å². The summed E-state index contributed by atoms with van der Waals surface area (Å²) in [6.45, 7) is 4.83. The highest BCUT2D eigenvalue weighted by atomic mass is 16.6. The number of fused-ring (bicyclic) bond motifs is 9. The number of hydrogen-bond donors (Lipinski definition) is 1. The van der Waals surface area contributed by atoms with Gasteiger partial charge in [0.05, 0.1) is 5.60 Å². The molecule has 0 bridgehead atoms. The van der Waals surface area contributed by atoms with Gasteiger partial charge in [-0.3, -0.25) is 4.79 Å². The first-order valence-corrected chi connectivity index (χ1v) is 11.3. The molecule has 1 heterocycles. The number of aliphatic hydroxyl groups excluding tert-OH is 1. The molecule has 27 heavy (non-hydrogen) atoms. The van der Waals surface area contributed by atoms with Gasteiger partial charge in [-0.25, -0.2) is 0 Å². The quantitative estimate of drug-likeness (QED) is 0.703. The molecule has 0 amide bonds. The summed E-state index contributed by atoms with van der Waals surface area (Å²) in [6.07, 6.45) is 13.4. The van der Waals surface area contributed by atoms with Gasteiger partial charge in [-0.1, -0.05) is 31.9 Å². The van der Waals surface area contributed by atoms with Crippen molar-refractivity contribution in [2.24, 2.45) is 46.8 Å². The maximum absolute atomic E-state index is 12.0. The molecule has 0 saturated heterocycles. The topological polar surface area (TPSA) is 46.5 Å². The number of allylic oxidation sites excluding steroid dienone is 1. The van der Waals surface area contributed by atoms with E-state index in [-0.39, 0.29) is 11.0 Å². The summed E-state index contributed by atoms with van der Waals surface area (Å²) in [5, 5.41) is 10.2. The van der Waals surface area contributed by atoms with Gasteiger partial charge in [-0.05, 0) is 85.7 Å². The summed E-state index contributed by atoms with van der Waals surface area (Å²) < 4.78 is 6.29. The average molecular weight is 369 g/mol. The first kappa shape index (κ1) is 17.0. The normalized spacial score (nSPS) is 57.7. The lowest BCUT2D eigenvalue weighted by atomic mass is 9.46. The Morgan fingerprint density at radius 1 is 1.30 bits per heavy atom. The molecule has 3 nitrogen and oxygen atoms in total.